The molecule has 0 saturated heterocycles. The molecule has 0 rings (SSSR count). The second-order valence-corrected chi connectivity index (χ2v) is 15.3. The van der Waals surface area contributed by atoms with Crippen LogP contribution in [-0.2, 0) is 27.9 Å². The smallest absolute Gasteiger partial charge is 0.457 e. The van der Waals surface area contributed by atoms with Crippen LogP contribution in [0.3, 0.4) is 0 Å². The number of carbonyl (C=O) groups is 1. The number of carbonyl (C=O) groups excluding carboxylic acids is 1. The Morgan fingerprint density at radius 2 is 1.10 bits per heavy atom. The van der Waals surface area contributed by atoms with Crippen LogP contribution in [0.5, 0.6) is 0 Å². The van der Waals surface area contributed by atoms with Crippen LogP contribution >= 0.6 is 7.82 Å². The first-order chi connectivity index (χ1) is 24.9. The van der Waals surface area contributed by atoms with E-state index in [1.54, 1.807) is 0 Å². The van der Waals surface area contributed by atoms with Gasteiger partial charge in [-0.25, -0.2) is 4.57 Å². The molecule has 0 fully saturated rings. The van der Waals surface area contributed by atoms with E-state index in [0.29, 0.717) is 13.0 Å². The number of esters is 1. The molecule has 0 aliphatic carbocycles. The third kappa shape index (κ3) is 39.8. The van der Waals surface area contributed by atoms with Gasteiger partial charge in [-0.2, -0.15) is 0 Å². The van der Waals surface area contributed by atoms with E-state index < -0.39 is 13.9 Å². The number of hydrogen-bond donors (Lipinski definition) is 2. The lowest BCUT2D eigenvalue weighted by Crippen LogP contribution is -2.28. The van der Waals surface area contributed by atoms with Gasteiger partial charge in [0.1, 0.15) is 6.10 Å². The molecule has 0 aliphatic rings. The predicted octanol–water partition coefficient (Wildman–Crippen LogP) is 12.2. The second kappa shape index (κ2) is 39.9. The summed E-state index contributed by atoms with van der Waals surface area (Å²) in [7, 11) is -4.28. The van der Waals surface area contributed by atoms with Crippen molar-refractivity contribution in [3.63, 3.8) is 0 Å². The quantitative estimate of drug-likeness (QED) is 0.0276. The normalized spacial score (nSPS) is 13.9. The number of rotatable bonds is 40. The Labute approximate surface area is 314 Å². The monoisotopic (exact) mass is 742 g/mol. The van der Waals surface area contributed by atoms with Crippen molar-refractivity contribution in [3.8, 4) is 0 Å². The molecule has 0 aromatic carbocycles. The molecule has 0 amide bonds. The van der Waals surface area contributed by atoms with E-state index in [9.17, 15) is 14.3 Å². The van der Waals surface area contributed by atoms with E-state index in [4.69, 9.17) is 24.3 Å². The number of unbranched alkanes of at least 4 members (excludes halogenated alkanes) is 21. The molecule has 0 aromatic rings. The highest BCUT2D eigenvalue weighted by atomic mass is 31.2. The van der Waals surface area contributed by atoms with Crippen molar-refractivity contribution in [1.29, 1.82) is 0 Å². The summed E-state index contributed by atoms with van der Waals surface area (Å²) in [5, 5.41) is 0. The highest BCUT2D eigenvalue weighted by molar-refractivity contribution is 7.47. The van der Waals surface area contributed by atoms with E-state index in [2.05, 4.69) is 50.3 Å². The number of hydrogen-bond acceptors (Lipinski definition) is 7. The lowest BCUT2D eigenvalue weighted by atomic mass is 10.0. The zero-order valence-electron chi connectivity index (χ0n) is 33.1. The van der Waals surface area contributed by atoms with Crippen LogP contribution in [0.1, 0.15) is 187 Å². The van der Waals surface area contributed by atoms with Gasteiger partial charge in [0.05, 0.1) is 19.8 Å². The molecule has 0 aromatic heterocycles. The minimum atomic E-state index is -4.28. The van der Waals surface area contributed by atoms with Gasteiger partial charge in [0.15, 0.2) is 0 Å². The summed E-state index contributed by atoms with van der Waals surface area (Å²) < 4.78 is 33.4. The van der Waals surface area contributed by atoms with Crippen LogP contribution in [0.15, 0.2) is 36.5 Å². The molecular weight excluding hydrogens is 661 g/mol. The summed E-state index contributed by atoms with van der Waals surface area (Å²) in [5.41, 5.74) is 5.36. The maximum Gasteiger partial charge on any atom is 0.472 e. The lowest BCUT2D eigenvalue weighted by Gasteiger charge is -2.20. The molecule has 0 heterocycles. The predicted molar refractivity (Wildman–Crippen MR) is 215 cm³/mol. The summed E-state index contributed by atoms with van der Waals surface area (Å²) in [6.45, 7) is 4.77. The van der Waals surface area contributed by atoms with Crippen LogP contribution in [0.25, 0.3) is 0 Å². The summed E-state index contributed by atoms with van der Waals surface area (Å²) in [4.78, 5) is 22.4. The molecule has 8 nitrogen and oxygen atoms in total. The first-order valence-electron chi connectivity index (χ1n) is 21.0. The number of phosphoric ester groups is 1. The van der Waals surface area contributed by atoms with E-state index in [1.807, 2.05) is 0 Å². The van der Waals surface area contributed by atoms with Crippen molar-refractivity contribution in [3.05, 3.63) is 36.5 Å². The molecule has 2 unspecified atom stereocenters. The van der Waals surface area contributed by atoms with Gasteiger partial charge < -0.3 is 20.1 Å². The number of allylic oxidation sites excluding steroid dienone is 6. The summed E-state index contributed by atoms with van der Waals surface area (Å²) in [6, 6.07) is 0. The molecule has 3 N–H and O–H groups in total. The average Bonchev–Trinajstić information content (AvgIpc) is 3.12. The van der Waals surface area contributed by atoms with Crippen LogP contribution in [0, 0.1) is 0 Å². The first-order valence-corrected chi connectivity index (χ1v) is 22.5. The van der Waals surface area contributed by atoms with Crippen molar-refractivity contribution in [2.24, 2.45) is 5.73 Å². The Morgan fingerprint density at radius 1 is 0.608 bits per heavy atom. The number of phosphoric acid groups is 1. The molecular formula is C42H80NO7P. The Balaban J connectivity index is 4.04. The van der Waals surface area contributed by atoms with Gasteiger partial charge >= 0.3 is 13.8 Å². The van der Waals surface area contributed by atoms with Crippen molar-refractivity contribution < 1.29 is 32.8 Å². The molecule has 0 aliphatic heterocycles. The maximum absolute atomic E-state index is 12.6. The lowest BCUT2D eigenvalue weighted by molar-refractivity contribution is -0.154. The first kappa shape index (κ1) is 49.7. The number of ether oxygens (including phenoxy) is 2. The molecule has 300 valence electrons. The Morgan fingerprint density at radius 3 is 1.65 bits per heavy atom. The van der Waals surface area contributed by atoms with E-state index in [1.165, 1.54) is 96.3 Å². The fourth-order valence-electron chi connectivity index (χ4n) is 5.78. The van der Waals surface area contributed by atoms with Gasteiger partial charge in [0.2, 0.25) is 0 Å². The van der Waals surface area contributed by atoms with Crippen molar-refractivity contribution in [2.75, 3.05) is 33.0 Å². The standard InChI is InChI=1S/C42H80NO7P/c1-3-5-7-9-11-13-15-17-19-20-21-22-23-25-27-29-31-33-35-42(44)50-41(40-49-51(45,46)48-38-36-43)39-47-37-34-32-30-28-26-24-18-16-14-12-10-8-6-4-2/h6,8,12,14,18,24,41H,3-5,7,9-11,13,15-17,19-23,25-40,43H2,1-2H3,(H,45,46)/b8-6-,14-12-,24-18-. The SMILES string of the molecule is CC/C=C\C/C=C\C/C=C\CCCCCCOCC(COP(=O)(O)OCCN)OC(=O)CCCCCCCCCCCCCCCCCCCC. The van der Waals surface area contributed by atoms with Crippen LogP contribution in [-0.4, -0.2) is 49.9 Å². The van der Waals surface area contributed by atoms with Crippen LogP contribution in [0.2, 0.25) is 0 Å². The number of nitrogens with two attached hydrogens (primary N) is 1. The third-order valence-corrected chi connectivity index (χ3v) is 9.81. The van der Waals surface area contributed by atoms with Gasteiger partial charge in [-0.1, -0.05) is 172 Å². The molecule has 0 bridgehead atoms. The largest absolute Gasteiger partial charge is 0.472 e. The van der Waals surface area contributed by atoms with Crippen molar-refractivity contribution in [1.82, 2.24) is 0 Å². The minimum absolute atomic E-state index is 0.0969. The summed E-state index contributed by atoms with van der Waals surface area (Å²) in [5.74, 6) is -0.337. The summed E-state index contributed by atoms with van der Waals surface area (Å²) >= 11 is 0. The highest BCUT2D eigenvalue weighted by Crippen LogP contribution is 2.43. The second-order valence-electron chi connectivity index (χ2n) is 13.8. The zero-order valence-corrected chi connectivity index (χ0v) is 34.0. The van der Waals surface area contributed by atoms with E-state index >= 15 is 0 Å². The Hall–Kier alpha value is -1.28. The fraction of sp³-hybridized carbons (Fsp3) is 0.833. The highest BCUT2D eigenvalue weighted by Gasteiger charge is 2.25. The topological polar surface area (TPSA) is 117 Å². The van der Waals surface area contributed by atoms with Crippen LogP contribution in [0.4, 0.5) is 0 Å². The van der Waals surface area contributed by atoms with E-state index in [0.717, 1.165) is 70.6 Å². The van der Waals surface area contributed by atoms with Crippen LogP contribution < -0.4 is 5.73 Å². The van der Waals surface area contributed by atoms with Gasteiger partial charge in [0, 0.05) is 19.6 Å². The van der Waals surface area contributed by atoms with Gasteiger partial charge in [0.25, 0.3) is 0 Å². The average molecular weight is 742 g/mol. The fourth-order valence-corrected chi connectivity index (χ4v) is 6.54. The minimum Gasteiger partial charge on any atom is -0.457 e. The third-order valence-electron chi connectivity index (χ3n) is 8.82. The van der Waals surface area contributed by atoms with Gasteiger partial charge in [-0.15, -0.1) is 0 Å². The van der Waals surface area contributed by atoms with E-state index in [-0.39, 0.29) is 32.3 Å². The molecule has 0 saturated carbocycles. The molecule has 9 heteroatoms. The molecule has 2 atom stereocenters. The maximum atomic E-state index is 12.6. The van der Waals surface area contributed by atoms with Crippen molar-refractivity contribution >= 4 is 13.8 Å². The molecule has 0 radical (unpaired) electrons. The van der Waals surface area contributed by atoms with Gasteiger partial charge in [-0.05, 0) is 44.9 Å². The Bertz CT molecular complexity index is 879. The van der Waals surface area contributed by atoms with Crippen molar-refractivity contribution in [2.45, 2.75) is 193 Å². The summed E-state index contributed by atoms with van der Waals surface area (Å²) in [6.07, 6.45) is 44.5. The molecule has 0 spiro atoms. The molecule has 51 heavy (non-hydrogen) atoms. The van der Waals surface area contributed by atoms with Gasteiger partial charge in [-0.3, -0.25) is 13.8 Å². The zero-order chi connectivity index (χ0) is 37.4. The Kier molecular flexibility index (Phi) is 38.9.